The van der Waals surface area contributed by atoms with E-state index in [1.807, 2.05) is 17.5 Å². The molecular weight excluding hydrogens is 317 g/mol. The smallest absolute Gasteiger partial charge is 0.346 e. The van der Waals surface area contributed by atoms with Crippen LogP contribution in [0.3, 0.4) is 0 Å². The second-order valence-electron chi connectivity index (χ2n) is 4.77. The molecule has 7 heteroatoms. The molecule has 1 amide bonds. The number of aromatic amines is 1. The molecule has 3 rings (SSSR count). The highest BCUT2D eigenvalue weighted by molar-refractivity contribution is 7.13. The number of nitrogens with one attached hydrogen (secondary N) is 2. The van der Waals surface area contributed by atoms with Crippen LogP contribution in [0.2, 0.25) is 0 Å². The Kier molecular flexibility index (Phi) is 4.29. The number of amides is 1. The van der Waals surface area contributed by atoms with Crippen LogP contribution in [0.4, 0.5) is 4.39 Å². The lowest BCUT2D eigenvalue weighted by atomic mass is 10.2. The zero-order valence-corrected chi connectivity index (χ0v) is 12.7. The number of benzene rings is 1. The van der Waals surface area contributed by atoms with Gasteiger partial charge in [-0.25, -0.2) is 9.18 Å². The van der Waals surface area contributed by atoms with Gasteiger partial charge in [0, 0.05) is 6.54 Å². The van der Waals surface area contributed by atoms with Gasteiger partial charge in [0.2, 0.25) is 0 Å². The number of hydrogen-bond donors (Lipinski definition) is 2. The molecule has 0 bridgehead atoms. The van der Waals surface area contributed by atoms with E-state index in [0.717, 1.165) is 10.4 Å². The van der Waals surface area contributed by atoms with Gasteiger partial charge in [-0.1, -0.05) is 18.2 Å². The second-order valence-corrected chi connectivity index (χ2v) is 5.72. The van der Waals surface area contributed by atoms with E-state index in [4.69, 9.17) is 0 Å². The summed E-state index contributed by atoms with van der Waals surface area (Å²) in [6.07, 6.45) is 0. The average Bonchev–Trinajstić information content (AvgIpc) is 3.08. The molecule has 0 unspecified atom stereocenters. The van der Waals surface area contributed by atoms with E-state index < -0.39 is 11.6 Å². The lowest BCUT2D eigenvalue weighted by Gasteiger charge is -2.06. The van der Waals surface area contributed by atoms with Gasteiger partial charge in [0.25, 0.3) is 5.91 Å². The Morgan fingerprint density at radius 2 is 2.04 bits per heavy atom. The van der Waals surface area contributed by atoms with E-state index in [2.05, 4.69) is 15.3 Å². The zero-order valence-electron chi connectivity index (χ0n) is 11.9. The van der Waals surface area contributed by atoms with Crippen LogP contribution in [0.25, 0.3) is 10.6 Å². The Hall–Kier alpha value is -2.80. The number of nitrogens with zero attached hydrogens (tertiary/aromatic N) is 1. The highest BCUT2D eigenvalue weighted by Crippen LogP contribution is 2.21. The topological polar surface area (TPSA) is 74.8 Å². The van der Waals surface area contributed by atoms with Crippen molar-refractivity contribution >= 4 is 17.2 Å². The molecule has 2 aromatic heterocycles. The third-order valence-corrected chi connectivity index (χ3v) is 4.03. The van der Waals surface area contributed by atoms with E-state index in [0.29, 0.717) is 5.69 Å². The summed E-state index contributed by atoms with van der Waals surface area (Å²) in [6.45, 7) is 0.224. The molecule has 2 heterocycles. The summed E-state index contributed by atoms with van der Waals surface area (Å²) in [5, 5.41) is 4.54. The summed E-state index contributed by atoms with van der Waals surface area (Å²) in [6, 6.07) is 11.0. The van der Waals surface area contributed by atoms with Crippen LogP contribution in [-0.4, -0.2) is 15.9 Å². The van der Waals surface area contributed by atoms with E-state index in [1.54, 1.807) is 12.1 Å². The quantitative estimate of drug-likeness (QED) is 0.772. The molecule has 1 aromatic carbocycles. The highest BCUT2D eigenvalue weighted by atomic mass is 32.1. The van der Waals surface area contributed by atoms with Crippen molar-refractivity contribution in [2.45, 2.75) is 6.54 Å². The van der Waals surface area contributed by atoms with Crippen molar-refractivity contribution < 1.29 is 9.18 Å². The first-order valence-corrected chi connectivity index (χ1v) is 7.68. The number of rotatable bonds is 4. The number of aromatic nitrogens is 2. The van der Waals surface area contributed by atoms with Crippen molar-refractivity contribution in [3.8, 4) is 10.6 Å². The minimum atomic E-state index is -0.581. The van der Waals surface area contributed by atoms with Crippen molar-refractivity contribution in [3.63, 3.8) is 0 Å². The predicted molar refractivity (Wildman–Crippen MR) is 85.7 cm³/mol. The second kappa shape index (κ2) is 6.53. The monoisotopic (exact) mass is 329 g/mol. The SMILES string of the molecule is O=C(NCc1ccc(F)cc1)c1cc(-c2cccs2)[nH]c(=O)n1. The molecule has 0 spiro atoms. The van der Waals surface area contributed by atoms with Crippen LogP contribution in [0.1, 0.15) is 16.1 Å². The zero-order chi connectivity index (χ0) is 16.2. The fourth-order valence-electron chi connectivity index (χ4n) is 2.01. The van der Waals surface area contributed by atoms with Crippen molar-refractivity contribution in [2.75, 3.05) is 0 Å². The van der Waals surface area contributed by atoms with Crippen LogP contribution < -0.4 is 11.0 Å². The number of thiophene rings is 1. The molecule has 0 aliphatic rings. The van der Waals surface area contributed by atoms with Crippen molar-refractivity contribution in [1.82, 2.24) is 15.3 Å². The highest BCUT2D eigenvalue weighted by Gasteiger charge is 2.11. The fourth-order valence-corrected chi connectivity index (χ4v) is 2.71. The van der Waals surface area contributed by atoms with E-state index in [1.165, 1.54) is 29.5 Å². The third-order valence-electron chi connectivity index (χ3n) is 3.13. The summed E-state index contributed by atoms with van der Waals surface area (Å²) in [7, 11) is 0. The normalized spacial score (nSPS) is 10.5. The molecular formula is C16H12FN3O2S. The van der Waals surface area contributed by atoms with E-state index in [-0.39, 0.29) is 18.1 Å². The Morgan fingerprint density at radius 1 is 1.26 bits per heavy atom. The Balaban J connectivity index is 1.77. The summed E-state index contributed by atoms with van der Waals surface area (Å²) in [5.74, 6) is -0.796. The third kappa shape index (κ3) is 3.70. The van der Waals surface area contributed by atoms with E-state index >= 15 is 0 Å². The summed E-state index contributed by atoms with van der Waals surface area (Å²) in [5.41, 5.74) is 0.761. The molecule has 0 saturated heterocycles. The first-order chi connectivity index (χ1) is 11.1. The van der Waals surface area contributed by atoms with Gasteiger partial charge in [-0.15, -0.1) is 11.3 Å². The van der Waals surface area contributed by atoms with Crippen LogP contribution in [0.5, 0.6) is 0 Å². The van der Waals surface area contributed by atoms with E-state index in [9.17, 15) is 14.0 Å². The van der Waals surface area contributed by atoms with Gasteiger partial charge in [-0.05, 0) is 35.2 Å². The van der Waals surface area contributed by atoms with Gasteiger partial charge in [0.1, 0.15) is 11.5 Å². The number of carbonyl (C=O) groups is 1. The van der Waals surface area contributed by atoms with Crippen molar-refractivity contribution in [1.29, 1.82) is 0 Å². The number of carbonyl (C=O) groups excluding carboxylic acids is 1. The maximum atomic E-state index is 12.8. The summed E-state index contributed by atoms with van der Waals surface area (Å²) in [4.78, 5) is 30.9. The summed E-state index contributed by atoms with van der Waals surface area (Å²) < 4.78 is 12.8. The fraction of sp³-hybridized carbons (Fsp3) is 0.0625. The predicted octanol–water partition coefficient (Wildman–Crippen LogP) is 2.57. The lowest BCUT2D eigenvalue weighted by molar-refractivity contribution is 0.0945. The van der Waals surface area contributed by atoms with Gasteiger partial charge in [-0.2, -0.15) is 4.98 Å². The molecule has 0 aliphatic heterocycles. The van der Waals surface area contributed by atoms with Crippen LogP contribution in [0.15, 0.2) is 52.6 Å². The Morgan fingerprint density at radius 3 is 2.74 bits per heavy atom. The number of halogens is 1. The largest absolute Gasteiger partial charge is 0.347 e. The molecule has 3 aromatic rings. The minimum absolute atomic E-state index is 0.0410. The van der Waals surface area contributed by atoms with Crippen molar-refractivity contribution in [3.05, 3.63) is 75.4 Å². The maximum absolute atomic E-state index is 12.8. The number of hydrogen-bond acceptors (Lipinski definition) is 4. The standard InChI is InChI=1S/C16H12FN3O2S/c17-11-5-3-10(4-6-11)9-18-15(21)13-8-12(19-16(22)20-13)14-2-1-7-23-14/h1-8H,9H2,(H,18,21)(H,19,20,22). The van der Waals surface area contributed by atoms with Crippen molar-refractivity contribution in [2.24, 2.45) is 0 Å². The maximum Gasteiger partial charge on any atom is 0.346 e. The Labute approximate surface area is 134 Å². The molecule has 0 aliphatic carbocycles. The summed E-state index contributed by atoms with van der Waals surface area (Å²) >= 11 is 1.45. The van der Waals surface area contributed by atoms with Gasteiger partial charge in [0.15, 0.2) is 0 Å². The molecule has 116 valence electrons. The molecule has 0 fully saturated rings. The first kappa shape index (κ1) is 15.1. The molecule has 23 heavy (non-hydrogen) atoms. The van der Waals surface area contributed by atoms with Gasteiger partial charge < -0.3 is 10.3 Å². The van der Waals surface area contributed by atoms with Crippen LogP contribution >= 0.6 is 11.3 Å². The molecule has 0 saturated carbocycles. The minimum Gasteiger partial charge on any atom is -0.347 e. The molecule has 0 radical (unpaired) electrons. The number of H-pyrrole nitrogens is 1. The van der Waals surface area contributed by atoms with Gasteiger partial charge >= 0.3 is 5.69 Å². The van der Waals surface area contributed by atoms with Gasteiger partial charge in [0.05, 0.1) is 10.6 Å². The first-order valence-electron chi connectivity index (χ1n) is 6.80. The molecule has 0 atom stereocenters. The van der Waals surface area contributed by atoms with Crippen LogP contribution in [-0.2, 0) is 6.54 Å². The van der Waals surface area contributed by atoms with Crippen LogP contribution in [0, 0.1) is 5.82 Å². The Bertz CT molecular complexity index is 873. The molecule has 5 nitrogen and oxygen atoms in total. The lowest BCUT2D eigenvalue weighted by Crippen LogP contribution is -2.27. The average molecular weight is 329 g/mol. The molecule has 2 N–H and O–H groups in total. The van der Waals surface area contributed by atoms with Gasteiger partial charge in [-0.3, -0.25) is 4.79 Å².